The van der Waals surface area contributed by atoms with Gasteiger partial charge in [-0.25, -0.2) is 0 Å². The number of hydrogen-bond acceptors (Lipinski definition) is 3. The highest BCUT2D eigenvalue weighted by Crippen LogP contribution is 2.22. The molecule has 0 bridgehead atoms. The van der Waals surface area contributed by atoms with Gasteiger partial charge in [0.25, 0.3) is 0 Å². The molecule has 0 saturated heterocycles. The van der Waals surface area contributed by atoms with E-state index < -0.39 is 0 Å². The summed E-state index contributed by atoms with van der Waals surface area (Å²) in [6, 6.07) is 16.2. The molecule has 0 aliphatic rings. The van der Waals surface area contributed by atoms with Gasteiger partial charge in [-0.2, -0.15) is 10.2 Å². The average molecular weight is 367 g/mol. The second kappa shape index (κ2) is 12.3. The van der Waals surface area contributed by atoms with Crippen molar-refractivity contribution in [1.82, 2.24) is 0 Å². The van der Waals surface area contributed by atoms with Crippen LogP contribution in [-0.4, -0.2) is 6.61 Å². The van der Waals surface area contributed by atoms with Crippen molar-refractivity contribution >= 4 is 11.4 Å². The molecule has 0 spiro atoms. The highest BCUT2D eigenvalue weighted by atomic mass is 16.5. The van der Waals surface area contributed by atoms with E-state index in [-0.39, 0.29) is 0 Å². The fourth-order valence-electron chi connectivity index (χ4n) is 2.74. The van der Waals surface area contributed by atoms with Crippen LogP contribution < -0.4 is 4.74 Å². The molecule has 0 aliphatic carbocycles. The van der Waals surface area contributed by atoms with Crippen LogP contribution in [0.1, 0.15) is 64.9 Å². The van der Waals surface area contributed by atoms with Gasteiger partial charge in [0.05, 0.1) is 18.0 Å². The molecular weight excluding hydrogens is 332 g/mol. The first kappa shape index (κ1) is 21.1. The number of hydrogen-bond donors (Lipinski definition) is 0. The van der Waals surface area contributed by atoms with Gasteiger partial charge in [0.15, 0.2) is 0 Å². The third-order valence-corrected chi connectivity index (χ3v) is 4.85. The zero-order valence-corrected chi connectivity index (χ0v) is 17.2. The second-order valence-electron chi connectivity index (χ2n) is 7.35. The first-order valence-corrected chi connectivity index (χ1v) is 10.4. The normalized spacial score (nSPS) is 12.4. The predicted molar refractivity (Wildman–Crippen MR) is 114 cm³/mol. The Morgan fingerprint density at radius 3 is 1.96 bits per heavy atom. The monoisotopic (exact) mass is 366 g/mol. The van der Waals surface area contributed by atoms with Crippen LogP contribution in [0.15, 0.2) is 58.8 Å². The highest BCUT2D eigenvalue weighted by Gasteiger charge is 2.00. The van der Waals surface area contributed by atoms with Crippen LogP contribution >= 0.6 is 0 Å². The van der Waals surface area contributed by atoms with Gasteiger partial charge in [-0.1, -0.05) is 65.0 Å². The molecule has 0 N–H and O–H groups in total. The molecule has 2 aromatic rings. The fourth-order valence-corrected chi connectivity index (χ4v) is 2.74. The van der Waals surface area contributed by atoms with Gasteiger partial charge in [-0.15, -0.1) is 0 Å². The summed E-state index contributed by atoms with van der Waals surface area (Å²) in [4.78, 5) is 0. The minimum atomic E-state index is 0.573. The van der Waals surface area contributed by atoms with Crippen LogP contribution in [0, 0.1) is 5.92 Å². The van der Waals surface area contributed by atoms with E-state index in [1.54, 1.807) is 0 Å². The lowest BCUT2D eigenvalue weighted by Crippen LogP contribution is -2.06. The maximum atomic E-state index is 5.77. The third kappa shape index (κ3) is 8.38. The van der Waals surface area contributed by atoms with Crippen molar-refractivity contribution in [3.05, 3.63) is 54.1 Å². The Balaban J connectivity index is 1.79. The molecule has 27 heavy (non-hydrogen) atoms. The van der Waals surface area contributed by atoms with E-state index >= 15 is 0 Å². The van der Waals surface area contributed by atoms with Crippen LogP contribution in [-0.2, 0) is 6.42 Å². The summed E-state index contributed by atoms with van der Waals surface area (Å²) in [5.41, 5.74) is 3.11. The van der Waals surface area contributed by atoms with Gasteiger partial charge in [0, 0.05) is 0 Å². The molecule has 2 rings (SSSR count). The lowest BCUT2D eigenvalue weighted by Gasteiger charge is -2.10. The van der Waals surface area contributed by atoms with E-state index in [0.29, 0.717) is 5.92 Å². The maximum Gasteiger partial charge on any atom is 0.119 e. The Kier molecular flexibility index (Phi) is 9.61. The van der Waals surface area contributed by atoms with Gasteiger partial charge in [-0.05, 0) is 60.7 Å². The molecule has 0 fully saturated rings. The summed E-state index contributed by atoms with van der Waals surface area (Å²) in [7, 11) is 0. The first-order valence-electron chi connectivity index (χ1n) is 10.4. The molecule has 0 amide bonds. The molecule has 0 radical (unpaired) electrons. The van der Waals surface area contributed by atoms with Gasteiger partial charge in [0.1, 0.15) is 5.75 Å². The minimum absolute atomic E-state index is 0.573. The highest BCUT2D eigenvalue weighted by molar-refractivity contribution is 5.43. The van der Waals surface area contributed by atoms with Crippen molar-refractivity contribution in [2.45, 2.75) is 65.7 Å². The summed E-state index contributed by atoms with van der Waals surface area (Å²) in [5, 5.41) is 8.66. The predicted octanol–water partition coefficient (Wildman–Crippen LogP) is 8.04. The Bertz CT molecular complexity index is 662. The number of aryl methyl sites for hydroxylation is 1. The molecule has 3 heteroatoms. The van der Waals surface area contributed by atoms with Crippen LogP contribution in [0.4, 0.5) is 11.4 Å². The smallest absolute Gasteiger partial charge is 0.119 e. The minimum Gasteiger partial charge on any atom is -0.493 e. The zero-order chi connectivity index (χ0) is 19.3. The molecule has 0 heterocycles. The topological polar surface area (TPSA) is 34.0 Å². The van der Waals surface area contributed by atoms with E-state index in [1.807, 2.05) is 24.3 Å². The van der Waals surface area contributed by atoms with Gasteiger partial charge < -0.3 is 4.74 Å². The zero-order valence-electron chi connectivity index (χ0n) is 17.2. The van der Waals surface area contributed by atoms with Crippen molar-refractivity contribution in [3.8, 4) is 5.75 Å². The number of ether oxygens (including phenoxy) is 1. The molecular formula is C24H34N2O. The third-order valence-electron chi connectivity index (χ3n) is 4.85. The number of nitrogens with zero attached hydrogens (tertiary/aromatic N) is 2. The molecule has 0 saturated carbocycles. The van der Waals surface area contributed by atoms with E-state index in [9.17, 15) is 0 Å². The van der Waals surface area contributed by atoms with Crippen molar-refractivity contribution in [2.75, 3.05) is 6.61 Å². The standard InChI is InChI=1S/C24H34N2O/c1-4-6-7-8-9-10-21-11-13-22(14-12-21)25-26-23-15-17-24(18-16-23)27-19-20(3)5-2/h11-18,20H,4-10,19H2,1-3H3. The fraction of sp³-hybridized carbons (Fsp3) is 0.500. The molecule has 146 valence electrons. The SMILES string of the molecule is CCCCCCCc1ccc(N=Nc2ccc(OCC(C)CC)cc2)cc1. The second-order valence-corrected chi connectivity index (χ2v) is 7.35. The van der Waals surface area contributed by atoms with E-state index in [2.05, 4.69) is 55.3 Å². The van der Waals surface area contributed by atoms with Gasteiger partial charge >= 0.3 is 0 Å². The summed E-state index contributed by atoms with van der Waals surface area (Å²) in [6.07, 6.45) is 8.88. The number of azo groups is 1. The Labute approximate surface area is 164 Å². The lowest BCUT2D eigenvalue weighted by molar-refractivity contribution is 0.256. The Morgan fingerprint density at radius 1 is 0.778 bits per heavy atom. The summed E-state index contributed by atoms with van der Waals surface area (Å²) >= 11 is 0. The van der Waals surface area contributed by atoms with Crippen LogP contribution in [0.3, 0.4) is 0 Å². The van der Waals surface area contributed by atoms with E-state index in [4.69, 9.17) is 4.74 Å². The van der Waals surface area contributed by atoms with Crippen molar-refractivity contribution < 1.29 is 4.74 Å². The lowest BCUT2D eigenvalue weighted by atomic mass is 10.1. The van der Waals surface area contributed by atoms with Crippen molar-refractivity contribution in [2.24, 2.45) is 16.1 Å². The van der Waals surface area contributed by atoms with E-state index in [1.165, 1.54) is 37.7 Å². The maximum absolute atomic E-state index is 5.77. The van der Waals surface area contributed by atoms with Crippen LogP contribution in [0.2, 0.25) is 0 Å². The molecule has 0 aromatic heterocycles. The van der Waals surface area contributed by atoms with Crippen LogP contribution in [0.5, 0.6) is 5.75 Å². The van der Waals surface area contributed by atoms with E-state index in [0.717, 1.165) is 36.6 Å². The average Bonchev–Trinajstić information content (AvgIpc) is 2.72. The van der Waals surface area contributed by atoms with Gasteiger partial charge in [-0.3, -0.25) is 0 Å². The number of benzene rings is 2. The molecule has 1 atom stereocenters. The first-order chi connectivity index (χ1) is 13.2. The molecule has 1 unspecified atom stereocenters. The Morgan fingerprint density at radius 2 is 1.37 bits per heavy atom. The summed E-state index contributed by atoms with van der Waals surface area (Å²) in [5.74, 6) is 1.46. The quantitative estimate of drug-likeness (QED) is 0.276. The van der Waals surface area contributed by atoms with Crippen molar-refractivity contribution in [1.29, 1.82) is 0 Å². The number of unbranched alkanes of at least 4 members (excludes halogenated alkanes) is 4. The summed E-state index contributed by atoms with van der Waals surface area (Å²) in [6.45, 7) is 7.38. The summed E-state index contributed by atoms with van der Waals surface area (Å²) < 4.78 is 5.77. The number of rotatable bonds is 12. The molecule has 2 aromatic carbocycles. The van der Waals surface area contributed by atoms with Crippen molar-refractivity contribution in [3.63, 3.8) is 0 Å². The Hall–Kier alpha value is -2.16. The molecule has 3 nitrogen and oxygen atoms in total. The van der Waals surface area contributed by atoms with Crippen LogP contribution in [0.25, 0.3) is 0 Å². The van der Waals surface area contributed by atoms with Gasteiger partial charge in [0.2, 0.25) is 0 Å². The largest absolute Gasteiger partial charge is 0.493 e. The molecule has 0 aliphatic heterocycles.